The quantitative estimate of drug-likeness (QED) is 0.436. The summed E-state index contributed by atoms with van der Waals surface area (Å²) in [6, 6.07) is 3.25. The van der Waals surface area contributed by atoms with Gasteiger partial charge in [0.05, 0.1) is 25.0 Å². The molecule has 0 amide bonds. The Bertz CT molecular complexity index is 573. The predicted molar refractivity (Wildman–Crippen MR) is 92.8 cm³/mol. The average Bonchev–Trinajstić information content (AvgIpc) is 3.00. The minimum atomic E-state index is -3.47. The molecular weight excluding hydrogens is 338 g/mol. The van der Waals surface area contributed by atoms with Gasteiger partial charge in [-0.2, -0.15) is 0 Å². The molecule has 2 unspecified atom stereocenters. The van der Waals surface area contributed by atoms with Crippen LogP contribution in [0, 0.1) is 0 Å². The number of ether oxygens (including phenoxy) is 1. The van der Waals surface area contributed by atoms with Gasteiger partial charge in [0.25, 0.3) is 0 Å². The second kappa shape index (κ2) is 9.86. The molecule has 1 rings (SSSR count). The Kier molecular flexibility index (Phi) is 8.53. The summed E-state index contributed by atoms with van der Waals surface area (Å²) in [7, 11) is -1.86. The van der Waals surface area contributed by atoms with E-state index < -0.39 is 15.9 Å². The number of rotatable bonds is 9. The molecule has 0 aliphatic carbocycles. The smallest absolute Gasteiger partial charge is 0.191 e. The van der Waals surface area contributed by atoms with Crippen LogP contribution in [0.2, 0.25) is 0 Å². The van der Waals surface area contributed by atoms with Gasteiger partial charge in [0, 0.05) is 19.7 Å². The SMILES string of the molecule is CCNC(=NCC(O)CS(=O)(=O)c1cccs1)NC(C)COC. The second-order valence-electron chi connectivity index (χ2n) is 5.09. The monoisotopic (exact) mass is 363 g/mol. The number of aliphatic hydroxyl groups excluding tert-OH is 1. The maximum atomic E-state index is 12.1. The molecule has 0 aromatic carbocycles. The summed E-state index contributed by atoms with van der Waals surface area (Å²) in [6.07, 6.45) is -1.06. The van der Waals surface area contributed by atoms with Gasteiger partial charge in [-0.05, 0) is 25.3 Å². The van der Waals surface area contributed by atoms with E-state index >= 15 is 0 Å². The van der Waals surface area contributed by atoms with Crippen LogP contribution in [0.5, 0.6) is 0 Å². The van der Waals surface area contributed by atoms with Crippen molar-refractivity contribution >= 4 is 27.1 Å². The van der Waals surface area contributed by atoms with Crippen LogP contribution in [0.3, 0.4) is 0 Å². The molecule has 0 saturated heterocycles. The van der Waals surface area contributed by atoms with Crippen LogP contribution in [0.1, 0.15) is 13.8 Å². The lowest BCUT2D eigenvalue weighted by molar-refractivity contribution is 0.178. The molecule has 0 aliphatic rings. The zero-order valence-corrected chi connectivity index (χ0v) is 15.3. The Morgan fingerprint density at radius 1 is 1.52 bits per heavy atom. The van der Waals surface area contributed by atoms with Gasteiger partial charge in [-0.3, -0.25) is 4.99 Å². The minimum absolute atomic E-state index is 0.000356. The lowest BCUT2D eigenvalue weighted by atomic mass is 10.4. The first-order valence-corrected chi connectivity index (χ1v) is 9.90. The fourth-order valence-corrected chi connectivity index (χ4v) is 4.34. The molecule has 3 N–H and O–H groups in total. The van der Waals surface area contributed by atoms with Crippen molar-refractivity contribution in [1.29, 1.82) is 0 Å². The number of guanidine groups is 1. The second-order valence-corrected chi connectivity index (χ2v) is 8.30. The van der Waals surface area contributed by atoms with Crippen LogP contribution in [-0.2, 0) is 14.6 Å². The van der Waals surface area contributed by atoms with E-state index in [4.69, 9.17) is 4.74 Å². The molecule has 0 spiro atoms. The molecular formula is C14H25N3O4S2. The van der Waals surface area contributed by atoms with Crippen LogP contribution in [0.4, 0.5) is 0 Å². The maximum Gasteiger partial charge on any atom is 0.191 e. The summed E-state index contributed by atoms with van der Waals surface area (Å²) >= 11 is 1.14. The third-order valence-electron chi connectivity index (χ3n) is 2.82. The summed E-state index contributed by atoms with van der Waals surface area (Å²) in [5, 5.41) is 17.8. The van der Waals surface area contributed by atoms with Gasteiger partial charge in [-0.1, -0.05) is 6.07 Å². The predicted octanol–water partition coefficient (Wildman–Crippen LogP) is 0.473. The highest BCUT2D eigenvalue weighted by Crippen LogP contribution is 2.18. The molecule has 1 aromatic rings. The van der Waals surface area contributed by atoms with Crippen molar-refractivity contribution in [3.05, 3.63) is 17.5 Å². The first-order valence-electron chi connectivity index (χ1n) is 7.37. The third kappa shape index (κ3) is 7.30. The van der Waals surface area contributed by atoms with Gasteiger partial charge < -0.3 is 20.5 Å². The number of sulfone groups is 1. The van der Waals surface area contributed by atoms with Crippen molar-refractivity contribution in [3.63, 3.8) is 0 Å². The largest absolute Gasteiger partial charge is 0.390 e. The lowest BCUT2D eigenvalue weighted by Gasteiger charge is -2.17. The maximum absolute atomic E-state index is 12.1. The van der Waals surface area contributed by atoms with Gasteiger partial charge in [-0.25, -0.2) is 8.42 Å². The number of thiophene rings is 1. The van der Waals surface area contributed by atoms with Crippen LogP contribution in [0.25, 0.3) is 0 Å². The molecule has 0 fully saturated rings. The van der Waals surface area contributed by atoms with Crippen molar-refractivity contribution in [3.8, 4) is 0 Å². The van der Waals surface area contributed by atoms with E-state index in [0.29, 0.717) is 19.1 Å². The first-order chi connectivity index (χ1) is 10.9. The Hall–Kier alpha value is -1.16. The molecule has 23 heavy (non-hydrogen) atoms. The van der Waals surface area contributed by atoms with E-state index in [-0.39, 0.29) is 22.5 Å². The van der Waals surface area contributed by atoms with Crippen LogP contribution in [-0.4, -0.2) is 64.2 Å². The van der Waals surface area contributed by atoms with Gasteiger partial charge in [-0.15, -0.1) is 11.3 Å². The van der Waals surface area contributed by atoms with Crippen molar-refractivity contribution in [2.75, 3.05) is 32.6 Å². The Morgan fingerprint density at radius 3 is 2.83 bits per heavy atom. The van der Waals surface area contributed by atoms with E-state index in [1.807, 2.05) is 13.8 Å². The number of nitrogens with one attached hydrogen (secondary N) is 2. The number of methoxy groups -OCH3 is 1. The van der Waals surface area contributed by atoms with Crippen molar-refractivity contribution in [1.82, 2.24) is 10.6 Å². The van der Waals surface area contributed by atoms with Crippen molar-refractivity contribution in [2.45, 2.75) is 30.2 Å². The molecule has 2 atom stereocenters. The number of hydrogen-bond acceptors (Lipinski definition) is 6. The van der Waals surface area contributed by atoms with E-state index in [1.54, 1.807) is 18.6 Å². The van der Waals surface area contributed by atoms with Crippen LogP contribution < -0.4 is 10.6 Å². The number of aliphatic hydroxyl groups is 1. The van der Waals surface area contributed by atoms with Gasteiger partial charge in [0.2, 0.25) is 0 Å². The molecule has 9 heteroatoms. The third-order valence-corrected chi connectivity index (χ3v) is 6.10. The summed E-state index contributed by atoms with van der Waals surface area (Å²) in [6.45, 7) is 5.04. The van der Waals surface area contributed by atoms with E-state index in [1.165, 1.54) is 6.07 Å². The highest BCUT2D eigenvalue weighted by molar-refractivity contribution is 7.93. The minimum Gasteiger partial charge on any atom is -0.390 e. The van der Waals surface area contributed by atoms with Crippen LogP contribution >= 0.6 is 11.3 Å². The summed E-state index contributed by atoms with van der Waals surface area (Å²) < 4.78 is 29.5. The molecule has 0 saturated carbocycles. The molecule has 7 nitrogen and oxygen atoms in total. The average molecular weight is 364 g/mol. The molecule has 1 heterocycles. The zero-order chi connectivity index (χ0) is 17.3. The molecule has 1 aromatic heterocycles. The van der Waals surface area contributed by atoms with Crippen molar-refractivity contribution in [2.24, 2.45) is 4.99 Å². The van der Waals surface area contributed by atoms with E-state index in [9.17, 15) is 13.5 Å². The number of nitrogens with zero attached hydrogens (tertiary/aromatic N) is 1. The molecule has 132 valence electrons. The number of hydrogen-bond donors (Lipinski definition) is 3. The lowest BCUT2D eigenvalue weighted by Crippen LogP contribution is -2.44. The topological polar surface area (TPSA) is 100 Å². The van der Waals surface area contributed by atoms with Gasteiger partial charge >= 0.3 is 0 Å². The van der Waals surface area contributed by atoms with Gasteiger partial charge in [0.15, 0.2) is 15.8 Å². The highest BCUT2D eigenvalue weighted by atomic mass is 32.2. The summed E-state index contributed by atoms with van der Waals surface area (Å²) in [5.41, 5.74) is 0. The Balaban J connectivity index is 2.61. The standard InChI is InChI=1S/C14H25N3O4S2/c1-4-15-14(17-11(2)9-21-3)16-8-12(18)10-23(19,20)13-6-5-7-22-13/h5-7,11-12,18H,4,8-10H2,1-3H3,(H2,15,16,17). The summed E-state index contributed by atoms with van der Waals surface area (Å²) in [4.78, 5) is 4.23. The fraction of sp³-hybridized carbons (Fsp3) is 0.643. The summed E-state index contributed by atoms with van der Waals surface area (Å²) in [5.74, 6) is 0.175. The van der Waals surface area contributed by atoms with E-state index in [0.717, 1.165) is 11.3 Å². The normalized spacial score (nSPS) is 15.2. The fourth-order valence-electron chi connectivity index (χ4n) is 1.87. The Morgan fingerprint density at radius 2 is 2.26 bits per heavy atom. The molecule has 0 aliphatic heterocycles. The number of aliphatic imine (C=N–C) groups is 1. The van der Waals surface area contributed by atoms with E-state index in [2.05, 4.69) is 15.6 Å². The molecule has 0 bridgehead atoms. The Labute approximate surface area is 141 Å². The van der Waals surface area contributed by atoms with Crippen LogP contribution in [0.15, 0.2) is 26.7 Å². The molecule has 0 radical (unpaired) electrons. The first kappa shape index (κ1) is 19.9. The van der Waals surface area contributed by atoms with Crippen molar-refractivity contribution < 1.29 is 18.3 Å². The highest BCUT2D eigenvalue weighted by Gasteiger charge is 2.20. The van der Waals surface area contributed by atoms with Gasteiger partial charge in [0.1, 0.15) is 4.21 Å². The zero-order valence-electron chi connectivity index (χ0n) is 13.7.